The van der Waals surface area contributed by atoms with Gasteiger partial charge in [-0.15, -0.1) is 0 Å². The Hall–Kier alpha value is -3.97. The van der Waals surface area contributed by atoms with Crippen LogP contribution in [0.25, 0.3) is 21.7 Å². The Morgan fingerprint density at radius 1 is 1.15 bits per heavy atom. The molecule has 2 aromatic rings. The van der Waals surface area contributed by atoms with E-state index in [1.807, 2.05) is 0 Å². The van der Waals surface area contributed by atoms with Gasteiger partial charge in [-0.1, -0.05) is 17.2 Å². The number of ether oxygens (including phenoxy) is 2. The number of rotatable bonds is 4. The molecule has 1 aliphatic rings. The summed E-state index contributed by atoms with van der Waals surface area (Å²) >= 11 is 0. The number of azide groups is 1. The van der Waals surface area contributed by atoms with E-state index in [1.54, 1.807) is 30.3 Å². The van der Waals surface area contributed by atoms with Crippen molar-refractivity contribution in [2.75, 3.05) is 14.2 Å². The highest BCUT2D eigenvalue weighted by molar-refractivity contribution is 6.25. The van der Waals surface area contributed by atoms with Crippen LogP contribution in [0.2, 0.25) is 0 Å². The van der Waals surface area contributed by atoms with Crippen molar-refractivity contribution in [2.24, 2.45) is 5.11 Å². The van der Waals surface area contributed by atoms with Crippen LogP contribution in [0.1, 0.15) is 31.2 Å². The molecular formula is C18H12N4O5. The molecule has 0 N–H and O–H groups in total. The normalized spacial score (nSPS) is 13.0. The molecule has 0 bridgehead atoms. The summed E-state index contributed by atoms with van der Waals surface area (Å²) in [7, 11) is 2.48. The third-order valence-corrected chi connectivity index (χ3v) is 3.92. The number of Topliss-reactive ketones (excluding diaryl/α,β-unsaturated/α-hetero) is 2. The first kappa shape index (κ1) is 17.8. The van der Waals surface area contributed by atoms with Crippen molar-refractivity contribution in [1.82, 2.24) is 4.98 Å². The van der Waals surface area contributed by atoms with Gasteiger partial charge in [-0.2, -0.15) is 0 Å². The van der Waals surface area contributed by atoms with E-state index in [1.165, 1.54) is 20.3 Å². The molecule has 1 heterocycles. The monoisotopic (exact) mass is 364 g/mol. The number of benzene rings is 1. The number of aromatic nitrogens is 1. The molecule has 1 aromatic heterocycles. The molecule has 0 spiro atoms. The number of hydrogen-bond donors (Lipinski definition) is 0. The van der Waals surface area contributed by atoms with E-state index in [-0.39, 0.29) is 17.0 Å². The Balaban J connectivity index is 2.13. The highest BCUT2D eigenvalue weighted by Gasteiger charge is 2.34. The number of ketones is 2. The first-order valence-corrected chi connectivity index (χ1v) is 7.64. The lowest BCUT2D eigenvalue weighted by molar-refractivity contribution is 0.0600. The van der Waals surface area contributed by atoms with Crippen LogP contribution in [-0.2, 0) is 9.47 Å². The van der Waals surface area contributed by atoms with E-state index in [2.05, 4.69) is 19.7 Å². The largest absolute Gasteiger partial charge is 0.492 e. The smallest absolute Gasteiger partial charge is 0.337 e. The Morgan fingerprint density at radius 3 is 2.59 bits per heavy atom. The first-order chi connectivity index (χ1) is 13.0. The van der Waals surface area contributed by atoms with Crippen LogP contribution in [-0.4, -0.2) is 36.7 Å². The van der Waals surface area contributed by atoms with Gasteiger partial charge in [0.25, 0.3) is 0 Å². The molecule has 0 saturated carbocycles. The molecule has 9 heteroatoms. The lowest BCUT2D eigenvalue weighted by atomic mass is 9.94. The predicted molar refractivity (Wildman–Crippen MR) is 92.9 cm³/mol. The van der Waals surface area contributed by atoms with Gasteiger partial charge in [-0.05, 0) is 29.8 Å². The van der Waals surface area contributed by atoms with E-state index < -0.39 is 23.2 Å². The topological polar surface area (TPSA) is 131 Å². The Kier molecular flexibility index (Phi) is 4.69. The maximum atomic E-state index is 12.6. The number of carbonyl (C=O) groups excluding carboxylic acids is 3. The van der Waals surface area contributed by atoms with Crippen molar-refractivity contribution in [1.29, 1.82) is 0 Å². The van der Waals surface area contributed by atoms with Gasteiger partial charge in [0.15, 0.2) is 5.76 Å². The second kappa shape index (κ2) is 7.11. The third-order valence-electron chi connectivity index (χ3n) is 3.92. The summed E-state index contributed by atoms with van der Waals surface area (Å²) < 4.78 is 9.62. The Bertz CT molecular complexity index is 1070. The molecule has 1 aliphatic carbocycles. The molecule has 134 valence electrons. The average Bonchev–Trinajstić information content (AvgIpc) is 2.71. The molecule has 0 amide bonds. The molecule has 0 aliphatic heterocycles. The fourth-order valence-corrected chi connectivity index (χ4v) is 2.67. The van der Waals surface area contributed by atoms with Crippen molar-refractivity contribution in [3.63, 3.8) is 0 Å². The van der Waals surface area contributed by atoms with Crippen LogP contribution in [0, 0.1) is 0 Å². The maximum absolute atomic E-state index is 12.6. The van der Waals surface area contributed by atoms with Crippen LogP contribution in [0.15, 0.2) is 53.0 Å². The summed E-state index contributed by atoms with van der Waals surface area (Å²) in [5.41, 5.74) is 9.34. The van der Waals surface area contributed by atoms with Crippen LogP contribution < -0.4 is 0 Å². The second-order valence-corrected chi connectivity index (χ2v) is 5.39. The molecular weight excluding hydrogens is 352 g/mol. The molecule has 9 nitrogen and oxygen atoms in total. The summed E-state index contributed by atoms with van der Waals surface area (Å²) in [5, 5.41) is 3.28. The lowest BCUT2D eigenvalue weighted by Crippen LogP contribution is -2.23. The summed E-state index contributed by atoms with van der Waals surface area (Å²) in [6.45, 7) is 0. The Morgan fingerprint density at radius 2 is 1.93 bits per heavy atom. The van der Waals surface area contributed by atoms with E-state index in [9.17, 15) is 14.4 Å². The number of esters is 1. The number of hydrogen-bond acceptors (Lipinski definition) is 7. The number of pyridine rings is 1. The average molecular weight is 364 g/mol. The quantitative estimate of drug-likeness (QED) is 0.354. The van der Waals surface area contributed by atoms with Crippen LogP contribution in [0.3, 0.4) is 0 Å². The van der Waals surface area contributed by atoms with Gasteiger partial charge in [-0.25, -0.2) is 9.78 Å². The SMILES string of the molecule is COC(=O)c1cccc(-c2ccc3c(n2)C(=O)C(N=[N+]=[N-])=C(OC)C3=O)c1. The van der Waals surface area contributed by atoms with E-state index in [4.69, 9.17) is 10.3 Å². The van der Waals surface area contributed by atoms with Crippen LogP contribution in [0.4, 0.5) is 0 Å². The van der Waals surface area contributed by atoms with Crippen molar-refractivity contribution >= 4 is 17.5 Å². The van der Waals surface area contributed by atoms with Gasteiger partial charge in [0.05, 0.1) is 31.0 Å². The number of nitrogens with zero attached hydrogens (tertiary/aromatic N) is 4. The minimum absolute atomic E-state index is 0.0432. The molecule has 27 heavy (non-hydrogen) atoms. The second-order valence-electron chi connectivity index (χ2n) is 5.39. The molecule has 3 rings (SSSR count). The molecule has 0 unspecified atom stereocenters. The van der Waals surface area contributed by atoms with Crippen molar-refractivity contribution in [3.05, 3.63) is 75.1 Å². The fourth-order valence-electron chi connectivity index (χ4n) is 2.67. The minimum Gasteiger partial charge on any atom is -0.492 e. The minimum atomic E-state index is -0.717. The Labute approximate surface area is 152 Å². The maximum Gasteiger partial charge on any atom is 0.337 e. The fraction of sp³-hybridized carbons (Fsp3) is 0.111. The summed E-state index contributed by atoms with van der Waals surface area (Å²) in [6.07, 6.45) is 0. The highest BCUT2D eigenvalue weighted by Crippen LogP contribution is 2.29. The van der Waals surface area contributed by atoms with Gasteiger partial charge < -0.3 is 9.47 Å². The zero-order chi connectivity index (χ0) is 19.6. The third kappa shape index (κ3) is 3.03. The van der Waals surface area contributed by atoms with Gasteiger partial charge in [0.2, 0.25) is 11.6 Å². The summed E-state index contributed by atoms with van der Waals surface area (Å²) in [4.78, 5) is 43.6. The van der Waals surface area contributed by atoms with Crippen molar-refractivity contribution < 1.29 is 23.9 Å². The van der Waals surface area contributed by atoms with E-state index in [0.29, 0.717) is 16.8 Å². The standard InChI is InChI=1S/C18H12N4O5/c1-26-17-14(21-22-19)16(24)13-11(15(17)23)6-7-12(20-13)9-4-3-5-10(8-9)18(25)27-2/h3-8H,1-2H3. The molecule has 0 atom stereocenters. The van der Waals surface area contributed by atoms with Gasteiger partial charge in [0, 0.05) is 10.5 Å². The first-order valence-electron chi connectivity index (χ1n) is 7.64. The summed E-state index contributed by atoms with van der Waals surface area (Å²) in [5.74, 6) is -2.16. The zero-order valence-electron chi connectivity index (χ0n) is 14.3. The lowest BCUT2D eigenvalue weighted by Gasteiger charge is -2.17. The number of fused-ring (bicyclic) bond motifs is 1. The molecule has 1 aromatic carbocycles. The number of carbonyl (C=O) groups is 3. The predicted octanol–water partition coefficient (Wildman–Crippen LogP) is 3.08. The zero-order valence-corrected chi connectivity index (χ0v) is 14.3. The number of allylic oxidation sites excluding steroid dienone is 2. The number of methoxy groups -OCH3 is 2. The molecule has 0 saturated heterocycles. The summed E-state index contributed by atoms with van der Waals surface area (Å²) in [6, 6.07) is 9.46. The van der Waals surface area contributed by atoms with Crippen molar-refractivity contribution in [2.45, 2.75) is 0 Å². The van der Waals surface area contributed by atoms with Gasteiger partial charge in [-0.3, -0.25) is 9.59 Å². The van der Waals surface area contributed by atoms with Crippen LogP contribution >= 0.6 is 0 Å². The highest BCUT2D eigenvalue weighted by atomic mass is 16.5. The van der Waals surface area contributed by atoms with Crippen LogP contribution in [0.5, 0.6) is 0 Å². The van der Waals surface area contributed by atoms with E-state index >= 15 is 0 Å². The molecule has 0 fully saturated rings. The van der Waals surface area contributed by atoms with E-state index in [0.717, 1.165) is 0 Å². The van der Waals surface area contributed by atoms with Gasteiger partial charge in [0.1, 0.15) is 11.4 Å². The molecule has 0 radical (unpaired) electrons. The van der Waals surface area contributed by atoms with Gasteiger partial charge >= 0.3 is 5.97 Å². The van der Waals surface area contributed by atoms with Crippen molar-refractivity contribution in [3.8, 4) is 11.3 Å².